The molecule has 0 aromatic heterocycles. The van der Waals surface area contributed by atoms with Crippen molar-refractivity contribution in [2.45, 2.75) is 24.8 Å². The first-order chi connectivity index (χ1) is 10.0. The highest BCUT2D eigenvalue weighted by Gasteiger charge is 2.31. The molecule has 0 unspecified atom stereocenters. The Hall–Kier alpha value is -1.32. The highest BCUT2D eigenvalue weighted by atomic mass is 35.5. The lowest BCUT2D eigenvalue weighted by Crippen LogP contribution is -2.34. The standard InChI is InChI=1S/C16H13Cl2F2N/c17-13-7-11(8-14(18)16(13)20)21-10-5-9(6-10)12-3-1-2-4-15(12)19/h1-4,7-10,21H,5-6H2. The number of hydrogen-bond acceptors (Lipinski definition) is 1. The van der Waals surface area contributed by atoms with Crippen molar-refractivity contribution in [3.8, 4) is 0 Å². The molecule has 1 saturated carbocycles. The monoisotopic (exact) mass is 327 g/mol. The summed E-state index contributed by atoms with van der Waals surface area (Å²) in [4.78, 5) is 0. The zero-order valence-corrected chi connectivity index (χ0v) is 12.6. The highest BCUT2D eigenvalue weighted by Crippen LogP contribution is 2.40. The van der Waals surface area contributed by atoms with Gasteiger partial charge in [-0.3, -0.25) is 0 Å². The Morgan fingerprint density at radius 2 is 1.62 bits per heavy atom. The summed E-state index contributed by atoms with van der Waals surface area (Å²) in [6.45, 7) is 0. The third-order valence-electron chi connectivity index (χ3n) is 3.84. The van der Waals surface area contributed by atoms with Gasteiger partial charge in [0.2, 0.25) is 0 Å². The van der Waals surface area contributed by atoms with Gasteiger partial charge in [0.25, 0.3) is 0 Å². The van der Waals surface area contributed by atoms with Crippen LogP contribution in [0.3, 0.4) is 0 Å². The first kappa shape index (κ1) is 14.6. The third-order valence-corrected chi connectivity index (χ3v) is 4.39. The summed E-state index contributed by atoms with van der Waals surface area (Å²) in [5, 5.41) is 3.24. The van der Waals surface area contributed by atoms with Crippen molar-refractivity contribution in [2.75, 3.05) is 5.32 Å². The van der Waals surface area contributed by atoms with E-state index in [2.05, 4.69) is 5.32 Å². The quantitative estimate of drug-likeness (QED) is 0.720. The average molecular weight is 328 g/mol. The molecule has 110 valence electrons. The topological polar surface area (TPSA) is 12.0 Å². The maximum absolute atomic E-state index is 13.7. The number of hydrogen-bond donors (Lipinski definition) is 1. The largest absolute Gasteiger partial charge is 0.382 e. The summed E-state index contributed by atoms with van der Waals surface area (Å²) in [5.41, 5.74) is 1.44. The van der Waals surface area contributed by atoms with Gasteiger partial charge in [-0.1, -0.05) is 41.4 Å². The third kappa shape index (κ3) is 2.99. The molecule has 0 saturated heterocycles. The van der Waals surface area contributed by atoms with E-state index in [9.17, 15) is 8.78 Å². The van der Waals surface area contributed by atoms with Crippen LogP contribution in [0.15, 0.2) is 36.4 Å². The van der Waals surface area contributed by atoms with Crippen LogP contribution >= 0.6 is 23.2 Å². The van der Waals surface area contributed by atoms with E-state index < -0.39 is 5.82 Å². The molecule has 21 heavy (non-hydrogen) atoms. The van der Waals surface area contributed by atoms with E-state index >= 15 is 0 Å². The normalized spacial score (nSPS) is 21.0. The molecule has 5 heteroatoms. The minimum Gasteiger partial charge on any atom is -0.382 e. The molecule has 0 spiro atoms. The van der Waals surface area contributed by atoms with Crippen molar-refractivity contribution in [1.82, 2.24) is 0 Å². The molecule has 1 aliphatic carbocycles. The molecule has 1 aliphatic rings. The predicted molar refractivity (Wildman–Crippen MR) is 82.2 cm³/mol. The van der Waals surface area contributed by atoms with Crippen molar-refractivity contribution in [1.29, 1.82) is 0 Å². The second-order valence-corrected chi connectivity index (χ2v) is 6.10. The Balaban J connectivity index is 1.64. The van der Waals surface area contributed by atoms with Gasteiger partial charge in [-0.25, -0.2) is 8.78 Å². The number of benzene rings is 2. The van der Waals surface area contributed by atoms with Gasteiger partial charge < -0.3 is 5.32 Å². The smallest absolute Gasteiger partial charge is 0.160 e. The fourth-order valence-corrected chi connectivity index (χ4v) is 3.16. The summed E-state index contributed by atoms with van der Waals surface area (Å²) < 4.78 is 27.0. The highest BCUT2D eigenvalue weighted by molar-refractivity contribution is 6.35. The molecule has 0 bridgehead atoms. The second kappa shape index (κ2) is 5.82. The van der Waals surface area contributed by atoms with Crippen LogP contribution in [-0.4, -0.2) is 6.04 Å². The lowest BCUT2D eigenvalue weighted by atomic mass is 9.75. The van der Waals surface area contributed by atoms with Crippen molar-refractivity contribution in [3.05, 3.63) is 63.6 Å². The SMILES string of the molecule is Fc1ccccc1C1CC(Nc2cc(Cl)c(F)c(Cl)c2)C1. The number of rotatable bonds is 3. The fraction of sp³-hybridized carbons (Fsp3) is 0.250. The zero-order valence-electron chi connectivity index (χ0n) is 11.0. The molecular weight excluding hydrogens is 315 g/mol. The Morgan fingerprint density at radius 1 is 1.00 bits per heavy atom. The number of halogens is 4. The predicted octanol–water partition coefficient (Wildman–Crippen LogP) is 5.63. The molecule has 3 rings (SSSR count). The molecule has 0 aliphatic heterocycles. The van der Waals surface area contributed by atoms with Crippen LogP contribution in [0.25, 0.3) is 0 Å². The first-order valence-electron chi connectivity index (χ1n) is 6.70. The van der Waals surface area contributed by atoms with Gasteiger partial charge in [-0.15, -0.1) is 0 Å². The Kier molecular flexibility index (Phi) is 4.05. The summed E-state index contributed by atoms with van der Waals surface area (Å²) >= 11 is 11.5. The van der Waals surface area contributed by atoms with E-state index in [1.807, 2.05) is 12.1 Å². The van der Waals surface area contributed by atoms with Crippen LogP contribution in [0, 0.1) is 11.6 Å². The van der Waals surface area contributed by atoms with Gasteiger partial charge in [-0.2, -0.15) is 0 Å². The van der Waals surface area contributed by atoms with Crippen LogP contribution in [0.2, 0.25) is 10.0 Å². The number of anilines is 1. The molecule has 1 nitrogen and oxygen atoms in total. The van der Waals surface area contributed by atoms with Gasteiger partial charge in [0.15, 0.2) is 5.82 Å². The molecule has 1 N–H and O–H groups in total. The average Bonchev–Trinajstić information content (AvgIpc) is 2.41. The molecule has 0 heterocycles. The van der Waals surface area contributed by atoms with E-state index in [-0.39, 0.29) is 27.8 Å². The first-order valence-corrected chi connectivity index (χ1v) is 7.45. The van der Waals surface area contributed by atoms with Crippen molar-refractivity contribution in [2.24, 2.45) is 0 Å². The molecule has 0 atom stereocenters. The van der Waals surface area contributed by atoms with E-state index in [1.165, 1.54) is 18.2 Å². The van der Waals surface area contributed by atoms with Crippen LogP contribution in [0.1, 0.15) is 24.3 Å². The van der Waals surface area contributed by atoms with Gasteiger partial charge in [0.1, 0.15) is 5.82 Å². The number of nitrogens with one attached hydrogen (secondary N) is 1. The lowest BCUT2D eigenvalue weighted by molar-refractivity contribution is 0.363. The van der Waals surface area contributed by atoms with E-state index in [1.54, 1.807) is 6.07 Å². The van der Waals surface area contributed by atoms with E-state index in [0.29, 0.717) is 5.69 Å². The summed E-state index contributed by atoms with van der Waals surface area (Å²) in [6, 6.07) is 10.1. The molecule has 0 amide bonds. The van der Waals surface area contributed by atoms with E-state index in [0.717, 1.165) is 18.4 Å². The Labute approximate surface area is 131 Å². The molecule has 2 aromatic carbocycles. The summed E-state index contributed by atoms with van der Waals surface area (Å²) in [6.07, 6.45) is 1.65. The van der Waals surface area contributed by atoms with Gasteiger partial charge in [0.05, 0.1) is 10.0 Å². The van der Waals surface area contributed by atoms with Crippen LogP contribution in [0.4, 0.5) is 14.5 Å². The summed E-state index contributed by atoms with van der Waals surface area (Å²) in [5.74, 6) is -0.550. The zero-order chi connectivity index (χ0) is 15.0. The van der Waals surface area contributed by atoms with Gasteiger partial charge in [-0.05, 0) is 42.5 Å². The lowest BCUT2D eigenvalue weighted by Gasteiger charge is -2.37. The molecule has 2 aromatic rings. The van der Waals surface area contributed by atoms with Gasteiger partial charge in [0, 0.05) is 11.7 Å². The molecular formula is C16H13Cl2F2N. The Morgan fingerprint density at radius 3 is 2.24 bits per heavy atom. The minimum absolute atomic E-state index is 0.00465. The van der Waals surface area contributed by atoms with E-state index in [4.69, 9.17) is 23.2 Å². The second-order valence-electron chi connectivity index (χ2n) is 5.28. The minimum atomic E-state index is -0.610. The Bertz CT molecular complexity index is 646. The van der Waals surface area contributed by atoms with Crippen LogP contribution < -0.4 is 5.32 Å². The van der Waals surface area contributed by atoms with Crippen molar-refractivity contribution < 1.29 is 8.78 Å². The van der Waals surface area contributed by atoms with Crippen LogP contribution in [-0.2, 0) is 0 Å². The maximum Gasteiger partial charge on any atom is 0.160 e. The van der Waals surface area contributed by atoms with Crippen LogP contribution in [0.5, 0.6) is 0 Å². The van der Waals surface area contributed by atoms with Crippen molar-refractivity contribution >= 4 is 28.9 Å². The molecule has 1 fully saturated rings. The fourth-order valence-electron chi connectivity index (χ4n) is 2.67. The summed E-state index contributed by atoms with van der Waals surface area (Å²) in [7, 11) is 0. The maximum atomic E-state index is 13.7. The molecule has 0 radical (unpaired) electrons. The van der Waals surface area contributed by atoms with Crippen molar-refractivity contribution in [3.63, 3.8) is 0 Å². The van der Waals surface area contributed by atoms with Gasteiger partial charge >= 0.3 is 0 Å².